The number of nitrogens with zero attached hydrogens (tertiary/aromatic N) is 3. The quantitative estimate of drug-likeness (QED) is 0.792. The van der Waals surface area contributed by atoms with E-state index in [1.165, 1.54) is 22.8 Å². The Morgan fingerprint density at radius 2 is 1.96 bits per heavy atom. The molecule has 25 heavy (non-hydrogen) atoms. The highest BCUT2D eigenvalue weighted by Gasteiger charge is 2.22. The van der Waals surface area contributed by atoms with Crippen molar-refractivity contribution >= 4 is 11.6 Å². The molecule has 0 unspecified atom stereocenters. The van der Waals surface area contributed by atoms with E-state index >= 15 is 0 Å². The second kappa shape index (κ2) is 6.25. The lowest BCUT2D eigenvalue weighted by Gasteiger charge is -2.23. The molecular formula is C18H16FN3O3. The van der Waals surface area contributed by atoms with E-state index in [1.54, 1.807) is 12.1 Å². The second-order valence-electron chi connectivity index (χ2n) is 6.08. The second-order valence-corrected chi connectivity index (χ2v) is 6.08. The topological polar surface area (TPSA) is 76.7 Å². The van der Waals surface area contributed by atoms with Gasteiger partial charge in [-0.05, 0) is 49.1 Å². The van der Waals surface area contributed by atoms with Gasteiger partial charge in [-0.1, -0.05) is 0 Å². The van der Waals surface area contributed by atoms with Gasteiger partial charge in [0, 0.05) is 24.3 Å². The van der Waals surface area contributed by atoms with Gasteiger partial charge in [0.25, 0.3) is 0 Å². The van der Waals surface area contributed by atoms with Gasteiger partial charge < -0.3 is 9.84 Å². The first-order valence-electron chi connectivity index (χ1n) is 8.09. The van der Waals surface area contributed by atoms with Crippen molar-refractivity contribution in [1.82, 2.24) is 14.6 Å². The molecule has 3 heterocycles. The van der Waals surface area contributed by atoms with E-state index in [2.05, 4.69) is 10.1 Å². The summed E-state index contributed by atoms with van der Waals surface area (Å²) in [4.78, 5) is 15.5. The lowest BCUT2D eigenvalue weighted by molar-refractivity contribution is 0.0691. The largest absolute Gasteiger partial charge is 0.476 e. The highest BCUT2D eigenvalue weighted by Crippen LogP contribution is 2.32. The van der Waals surface area contributed by atoms with Crippen LogP contribution in [0.2, 0.25) is 0 Å². The molecule has 0 amide bonds. The van der Waals surface area contributed by atoms with E-state index < -0.39 is 5.97 Å². The maximum Gasteiger partial charge on any atom is 0.356 e. The zero-order chi connectivity index (χ0) is 17.4. The first-order chi connectivity index (χ1) is 12.1. The van der Waals surface area contributed by atoms with Crippen LogP contribution in [0.15, 0.2) is 36.5 Å². The molecule has 7 heteroatoms. The summed E-state index contributed by atoms with van der Waals surface area (Å²) >= 11 is 0. The van der Waals surface area contributed by atoms with Gasteiger partial charge in [-0.2, -0.15) is 5.10 Å². The SMILES string of the molecule is O=C(O)c1cn2nc(-c3ccc(F)cc3)cc(C3CCOCC3)c2n1. The maximum atomic E-state index is 13.2. The van der Waals surface area contributed by atoms with Crippen LogP contribution in [-0.4, -0.2) is 38.9 Å². The molecule has 0 bridgehead atoms. The third-order valence-electron chi connectivity index (χ3n) is 4.47. The minimum Gasteiger partial charge on any atom is -0.476 e. The number of aromatic carboxylic acids is 1. The molecule has 6 nitrogen and oxygen atoms in total. The van der Waals surface area contributed by atoms with Crippen molar-refractivity contribution in [3.63, 3.8) is 0 Å². The molecule has 4 rings (SSSR count). The summed E-state index contributed by atoms with van der Waals surface area (Å²) in [6.45, 7) is 1.33. The zero-order valence-corrected chi connectivity index (χ0v) is 13.4. The number of rotatable bonds is 3. The number of aromatic nitrogens is 3. The third-order valence-corrected chi connectivity index (χ3v) is 4.47. The summed E-state index contributed by atoms with van der Waals surface area (Å²) < 4.78 is 20.1. The summed E-state index contributed by atoms with van der Waals surface area (Å²) in [5.41, 5.74) is 2.88. The number of benzene rings is 1. The average molecular weight is 341 g/mol. The number of carbonyl (C=O) groups is 1. The first kappa shape index (κ1) is 15.7. The number of carboxylic acid groups (broad SMARTS) is 1. The van der Waals surface area contributed by atoms with Crippen LogP contribution in [0.25, 0.3) is 16.9 Å². The monoisotopic (exact) mass is 341 g/mol. The number of hydrogen-bond acceptors (Lipinski definition) is 4. The molecule has 1 aromatic carbocycles. The van der Waals surface area contributed by atoms with Crippen LogP contribution in [0.1, 0.15) is 34.8 Å². The van der Waals surface area contributed by atoms with Crippen molar-refractivity contribution in [2.24, 2.45) is 0 Å². The molecule has 3 aromatic rings. The Hall–Kier alpha value is -2.80. The van der Waals surface area contributed by atoms with E-state index in [0.717, 1.165) is 24.0 Å². The molecule has 0 atom stereocenters. The predicted molar refractivity (Wildman–Crippen MR) is 88.1 cm³/mol. The summed E-state index contributed by atoms with van der Waals surface area (Å²) in [7, 11) is 0. The number of imidazole rings is 1. The standard InChI is InChI=1S/C18H16FN3O3/c19-13-3-1-12(2-4-13)15-9-14(11-5-7-25-8-6-11)17-20-16(18(23)24)10-22(17)21-15/h1-4,9-11H,5-8H2,(H,23,24). The van der Waals surface area contributed by atoms with Crippen molar-refractivity contribution in [3.05, 3.63) is 53.6 Å². The van der Waals surface area contributed by atoms with Gasteiger partial charge in [0.1, 0.15) is 5.82 Å². The first-order valence-corrected chi connectivity index (χ1v) is 8.09. The van der Waals surface area contributed by atoms with Crippen LogP contribution >= 0.6 is 0 Å². The van der Waals surface area contributed by atoms with Crippen LogP contribution in [0, 0.1) is 5.82 Å². The molecule has 0 spiro atoms. The van der Waals surface area contributed by atoms with Crippen molar-refractivity contribution < 1.29 is 19.0 Å². The van der Waals surface area contributed by atoms with Gasteiger partial charge in [-0.15, -0.1) is 0 Å². The molecule has 1 saturated heterocycles. The molecular weight excluding hydrogens is 325 g/mol. The van der Waals surface area contributed by atoms with Gasteiger partial charge in [0.15, 0.2) is 11.3 Å². The van der Waals surface area contributed by atoms with E-state index in [-0.39, 0.29) is 17.4 Å². The average Bonchev–Trinajstić information content (AvgIpc) is 3.07. The maximum absolute atomic E-state index is 13.2. The molecule has 128 valence electrons. The van der Waals surface area contributed by atoms with Crippen molar-refractivity contribution in [1.29, 1.82) is 0 Å². The molecule has 1 fully saturated rings. The molecule has 2 aromatic heterocycles. The van der Waals surface area contributed by atoms with Crippen LogP contribution < -0.4 is 0 Å². The Balaban J connectivity index is 1.89. The Morgan fingerprint density at radius 3 is 2.64 bits per heavy atom. The highest BCUT2D eigenvalue weighted by atomic mass is 19.1. The molecule has 1 aliphatic rings. The Kier molecular flexibility index (Phi) is 3.93. The summed E-state index contributed by atoms with van der Waals surface area (Å²) in [5.74, 6) is -1.18. The van der Waals surface area contributed by atoms with E-state index in [0.29, 0.717) is 24.6 Å². The fourth-order valence-corrected chi connectivity index (χ4v) is 3.17. The molecule has 0 saturated carbocycles. The lowest BCUT2D eigenvalue weighted by Crippen LogP contribution is -2.15. The predicted octanol–water partition coefficient (Wildman–Crippen LogP) is 3.13. The third kappa shape index (κ3) is 2.98. The highest BCUT2D eigenvalue weighted by molar-refractivity contribution is 5.86. The molecule has 1 N–H and O–H groups in total. The summed E-state index contributed by atoms with van der Waals surface area (Å²) in [6.07, 6.45) is 3.10. The number of ether oxygens (including phenoxy) is 1. The van der Waals surface area contributed by atoms with Crippen LogP contribution in [0.5, 0.6) is 0 Å². The van der Waals surface area contributed by atoms with Crippen LogP contribution in [0.4, 0.5) is 4.39 Å². The van der Waals surface area contributed by atoms with Crippen LogP contribution in [0.3, 0.4) is 0 Å². The van der Waals surface area contributed by atoms with Gasteiger partial charge in [0.05, 0.1) is 11.9 Å². The lowest BCUT2D eigenvalue weighted by atomic mass is 9.91. The fraction of sp³-hybridized carbons (Fsp3) is 0.278. The van der Waals surface area contributed by atoms with Crippen LogP contribution in [-0.2, 0) is 4.74 Å². The Labute approximate surface area is 142 Å². The minimum atomic E-state index is -1.09. The smallest absolute Gasteiger partial charge is 0.356 e. The van der Waals surface area contributed by atoms with E-state index in [9.17, 15) is 14.3 Å². The van der Waals surface area contributed by atoms with E-state index in [4.69, 9.17) is 4.74 Å². The number of hydrogen-bond donors (Lipinski definition) is 1. The number of fused-ring (bicyclic) bond motifs is 1. The van der Waals surface area contributed by atoms with Crippen molar-refractivity contribution in [3.8, 4) is 11.3 Å². The van der Waals surface area contributed by atoms with Crippen molar-refractivity contribution in [2.75, 3.05) is 13.2 Å². The molecule has 1 aliphatic heterocycles. The van der Waals surface area contributed by atoms with Gasteiger partial charge in [-0.25, -0.2) is 18.7 Å². The minimum absolute atomic E-state index is 0.0444. The van der Waals surface area contributed by atoms with Gasteiger partial charge in [0.2, 0.25) is 0 Å². The zero-order valence-electron chi connectivity index (χ0n) is 13.4. The number of carboxylic acids is 1. The van der Waals surface area contributed by atoms with Gasteiger partial charge in [-0.3, -0.25) is 0 Å². The molecule has 0 aliphatic carbocycles. The number of halogens is 1. The fourth-order valence-electron chi connectivity index (χ4n) is 3.17. The Bertz CT molecular complexity index is 931. The van der Waals surface area contributed by atoms with Crippen molar-refractivity contribution in [2.45, 2.75) is 18.8 Å². The van der Waals surface area contributed by atoms with E-state index in [1.807, 2.05) is 6.07 Å². The molecule has 0 radical (unpaired) electrons. The Morgan fingerprint density at radius 1 is 1.24 bits per heavy atom. The summed E-state index contributed by atoms with van der Waals surface area (Å²) in [6, 6.07) is 8.01. The summed E-state index contributed by atoms with van der Waals surface area (Å²) in [5, 5.41) is 13.7. The normalized spacial score (nSPS) is 15.6. The van der Waals surface area contributed by atoms with Gasteiger partial charge >= 0.3 is 5.97 Å².